The van der Waals surface area contributed by atoms with Crippen LogP contribution in [-0.2, 0) is 11.4 Å². The number of fused-ring (bicyclic) bond motifs is 1. The Morgan fingerprint density at radius 3 is 2.72 bits per heavy atom. The van der Waals surface area contributed by atoms with Gasteiger partial charge in [0.05, 0.1) is 10.9 Å². The van der Waals surface area contributed by atoms with Gasteiger partial charge in [0.15, 0.2) is 0 Å². The van der Waals surface area contributed by atoms with Gasteiger partial charge in [-0.15, -0.1) is 11.8 Å². The Labute approximate surface area is 173 Å². The first-order valence-corrected chi connectivity index (χ1v) is 10.2. The normalized spacial score (nSPS) is 15.2. The Morgan fingerprint density at radius 2 is 1.90 bits per heavy atom. The van der Waals surface area contributed by atoms with Crippen LogP contribution >= 0.6 is 11.8 Å². The first-order chi connectivity index (χ1) is 14.1. The molecule has 4 rings (SSSR count). The number of carbonyl (C=O) groups is 2. The van der Waals surface area contributed by atoms with Crippen molar-refractivity contribution in [3.8, 4) is 5.75 Å². The minimum absolute atomic E-state index is 0.0525. The van der Waals surface area contributed by atoms with Crippen LogP contribution in [0.5, 0.6) is 5.75 Å². The topological polar surface area (TPSA) is 67.4 Å². The van der Waals surface area contributed by atoms with E-state index in [-0.39, 0.29) is 17.1 Å². The molecule has 29 heavy (non-hydrogen) atoms. The number of anilines is 2. The van der Waals surface area contributed by atoms with Gasteiger partial charge in [-0.1, -0.05) is 36.4 Å². The third kappa shape index (κ3) is 4.60. The molecule has 0 aliphatic carbocycles. The molecule has 0 saturated carbocycles. The number of amides is 2. The molecule has 1 aliphatic rings. The third-order valence-electron chi connectivity index (χ3n) is 4.51. The molecule has 0 fully saturated rings. The van der Waals surface area contributed by atoms with E-state index in [1.54, 1.807) is 18.2 Å². The standard InChI is InChI=1S/C23H20N2O3S/c1-15-22(26)25-20-12-17(10-11-21(20)29-15)23(27)24-18-8-5-9-19(13-18)28-14-16-6-3-2-4-7-16/h2-13,15H,14H2,1H3,(H,24,27)(H,25,26)/t15-/m1/s1. The zero-order valence-corrected chi connectivity index (χ0v) is 16.7. The fraction of sp³-hybridized carbons (Fsp3) is 0.130. The van der Waals surface area contributed by atoms with Crippen LogP contribution in [0.25, 0.3) is 0 Å². The van der Waals surface area contributed by atoms with Crippen molar-refractivity contribution in [2.75, 3.05) is 10.6 Å². The van der Waals surface area contributed by atoms with Crippen molar-refractivity contribution >= 4 is 35.0 Å². The molecule has 6 heteroatoms. The summed E-state index contributed by atoms with van der Waals surface area (Å²) in [5.74, 6) is 0.379. The van der Waals surface area contributed by atoms with Crippen LogP contribution in [0.3, 0.4) is 0 Å². The fourth-order valence-electron chi connectivity index (χ4n) is 2.96. The molecule has 3 aromatic carbocycles. The SMILES string of the molecule is C[C@H]1Sc2ccc(C(=O)Nc3cccc(OCc4ccccc4)c3)cc2NC1=O. The molecule has 2 amide bonds. The molecule has 0 aromatic heterocycles. The number of hydrogen-bond donors (Lipinski definition) is 2. The van der Waals surface area contributed by atoms with Crippen molar-refractivity contribution in [1.29, 1.82) is 0 Å². The first-order valence-electron chi connectivity index (χ1n) is 9.28. The first kappa shape index (κ1) is 19.1. The Balaban J connectivity index is 1.43. The molecule has 2 N–H and O–H groups in total. The van der Waals surface area contributed by atoms with Gasteiger partial charge in [0, 0.05) is 22.2 Å². The highest BCUT2D eigenvalue weighted by Gasteiger charge is 2.23. The van der Waals surface area contributed by atoms with Crippen LogP contribution < -0.4 is 15.4 Å². The average Bonchev–Trinajstić information content (AvgIpc) is 2.74. The van der Waals surface area contributed by atoms with E-state index in [9.17, 15) is 9.59 Å². The van der Waals surface area contributed by atoms with E-state index in [1.807, 2.05) is 61.5 Å². The van der Waals surface area contributed by atoms with Gasteiger partial charge in [-0.25, -0.2) is 0 Å². The molecular formula is C23H20N2O3S. The van der Waals surface area contributed by atoms with Crippen LogP contribution in [0.2, 0.25) is 0 Å². The Morgan fingerprint density at radius 1 is 1.07 bits per heavy atom. The average molecular weight is 404 g/mol. The maximum absolute atomic E-state index is 12.7. The van der Waals surface area contributed by atoms with Crippen LogP contribution in [0.1, 0.15) is 22.8 Å². The van der Waals surface area contributed by atoms with Crippen LogP contribution in [0.4, 0.5) is 11.4 Å². The van der Waals surface area contributed by atoms with E-state index >= 15 is 0 Å². The molecule has 1 aliphatic heterocycles. The number of thioether (sulfide) groups is 1. The van der Waals surface area contributed by atoms with E-state index in [1.165, 1.54) is 11.8 Å². The lowest BCUT2D eigenvalue weighted by atomic mass is 10.1. The predicted molar refractivity (Wildman–Crippen MR) is 116 cm³/mol. The third-order valence-corrected chi connectivity index (χ3v) is 5.69. The number of hydrogen-bond acceptors (Lipinski definition) is 4. The largest absolute Gasteiger partial charge is 0.489 e. The molecule has 0 spiro atoms. The molecule has 5 nitrogen and oxygen atoms in total. The summed E-state index contributed by atoms with van der Waals surface area (Å²) < 4.78 is 5.81. The van der Waals surface area contributed by atoms with Gasteiger partial charge in [-0.05, 0) is 42.8 Å². The summed E-state index contributed by atoms with van der Waals surface area (Å²) in [4.78, 5) is 25.5. The molecule has 0 radical (unpaired) electrons. The highest BCUT2D eigenvalue weighted by molar-refractivity contribution is 8.00. The number of rotatable bonds is 5. The maximum Gasteiger partial charge on any atom is 0.255 e. The zero-order chi connectivity index (χ0) is 20.2. The summed E-state index contributed by atoms with van der Waals surface area (Å²) in [7, 11) is 0. The van der Waals surface area contributed by atoms with Gasteiger partial charge in [0.1, 0.15) is 12.4 Å². The summed E-state index contributed by atoms with van der Waals surface area (Å²) in [6.07, 6.45) is 0. The number of benzene rings is 3. The second-order valence-electron chi connectivity index (χ2n) is 6.72. The summed E-state index contributed by atoms with van der Waals surface area (Å²) >= 11 is 1.49. The van der Waals surface area contributed by atoms with Gasteiger partial charge < -0.3 is 15.4 Å². The molecule has 3 aromatic rings. The van der Waals surface area contributed by atoms with Gasteiger partial charge in [-0.2, -0.15) is 0 Å². The highest BCUT2D eigenvalue weighted by atomic mass is 32.2. The van der Waals surface area contributed by atoms with Crippen LogP contribution in [-0.4, -0.2) is 17.1 Å². The quantitative estimate of drug-likeness (QED) is 0.631. The lowest BCUT2D eigenvalue weighted by molar-refractivity contribution is -0.115. The molecule has 146 valence electrons. The zero-order valence-electron chi connectivity index (χ0n) is 15.8. The van der Waals surface area contributed by atoms with Crippen LogP contribution in [0, 0.1) is 0 Å². The van der Waals surface area contributed by atoms with E-state index in [4.69, 9.17) is 4.74 Å². The summed E-state index contributed by atoms with van der Waals surface area (Å²) in [6, 6.07) is 22.5. The minimum atomic E-state index is -0.245. The number of ether oxygens (including phenoxy) is 1. The summed E-state index contributed by atoms with van der Waals surface area (Å²) in [5, 5.41) is 5.60. The fourth-order valence-corrected chi connectivity index (χ4v) is 3.89. The lowest BCUT2D eigenvalue weighted by Gasteiger charge is -2.21. The molecule has 1 atom stereocenters. The van der Waals surface area contributed by atoms with E-state index in [2.05, 4.69) is 10.6 Å². The van der Waals surface area contributed by atoms with Gasteiger partial charge in [-0.3, -0.25) is 9.59 Å². The van der Waals surface area contributed by atoms with Crippen molar-refractivity contribution < 1.29 is 14.3 Å². The van der Waals surface area contributed by atoms with Crippen molar-refractivity contribution in [3.05, 3.63) is 83.9 Å². The van der Waals surface area contributed by atoms with Crippen molar-refractivity contribution in [1.82, 2.24) is 0 Å². The van der Waals surface area contributed by atoms with Crippen molar-refractivity contribution in [3.63, 3.8) is 0 Å². The van der Waals surface area contributed by atoms with E-state index in [0.717, 1.165) is 10.5 Å². The van der Waals surface area contributed by atoms with Gasteiger partial charge in [0.25, 0.3) is 5.91 Å². The maximum atomic E-state index is 12.7. The number of nitrogens with one attached hydrogen (secondary N) is 2. The minimum Gasteiger partial charge on any atom is -0.489 e. The summed E-state index contributed by atoms with van der Waals surface area (Å²) in [5.41, 5.74) is 2.87. The van der Waals surface area contributed by atoms with E-state index in [0.29, 0.717) is 29.3 Å². The predicted octanol–water partition coefficient (Wildman–Crippen LogP) is 4.95. The molecular weight excluding hydrogens is 384 g/mol. The van der Waals surface area contributed by atoms with Crippen molar-refractivity contribution in [2.45, 2.75) is 23.7 Å². The molecule has 0 unspecified atom stereocenters. The Hall–Kier alpha value is -3.25. The molecule has 1 heterocycles. The summed E-state index contributed by atoms with van der Waals surface area (Å²) in [6.45, 7) is 2.31. The van der Waals surface area contributed by atoms with E-state index < -0.39 is 0 Å². The lowest BCUT2D eigenvalue weighted by Crippen LogP contribution is -2.26. The second kappa shape index (κ2) is 8.41. The van der Waals surface area contributed by atoms with Crippen LogP contribution in [0.15, 0.2) is 77.7 Å². The highest BCUT2D eigenvalue weighted by Crippen LogP contribution is 2.36. The second-order valence-corrected chi connectivity index (χ2v) is 8.10. The van der Waals surface area contributed by atoms with Gasteiger partial charge >= 0.3 is 0 Å². The van der Waals surface area contributed by atoms with Gasteiger partial charge in [0.2, 0.25) is 5.91 Å². The smallest absolute Gasteiger partial charge is 0.255 e. The van der Waals surface area contributed by atoms with Crippen molar-refractivity contribution in [2.24, 2.45) is 0 Å². The number of carbonyl (C=O) groups excluding carboxylic acids is 2. The molecule has 0 saturated heterocycles. The Bertz CT molecular complexity index is 1050. The Kier molecular flexibility index (Phi) is 5.53. The molecule has 0 bridgehead atoms. The monoisotopic (exact) mass is 404 g/mol.